The van der Waals surface area contributed by atoms with Crippen molar-refractivity contribution in [1.29, 1.82) is 0 Å². The van der Waals surface area contributed by atoms with Crippen molar-refractivity contribution in [2.75, 3.05) is 32.7 Å². The lowest BCUT2D eigenvalue weighted by Gasteiger charge is -2.34. The highest BCUT2D eigenvalue weighted by molar-refractivity contribution is 7.91. The molecule has 2 heterocycles. The number of hydrogen-bond donors (Lipinski definition) is 1. The van der Waals surface area contributed by atoms with Crippen LogP contribution in [0.5, 0.6) is 0 Å². The molecule has 1 aliphatic heterocycles. The lowest BCUT2D eigenvalue weighted by atomic mass is 10.1. The Morgan fingerprint density at radius 2 is 1.74 bits per heavy atom. The van der Waals surface area contributed by atoms with Gasteiger partial charge in [0.25, 0.3) is 10.0 Å². The number of piperazine rings is 1. The molecule has 1 aromatic heterocycles. The number of hydrogen-bond acceptors (Lipinski definition) is 5. The van der Waals surface area contributed by atoms with Gasteiger partial charge in [-0.15, -0.1) is 11.3 Å². The van der Waals surface area contributed by atoms with Crippen LogP contribution in [0.2, 0.25) is 0 Å². The van der Waals surface area contributed by atoms with E-state index in [-0.39, 0.29) is 0 Å². The van der Waals surface area contributed by atoms with Crippen molar-refractivity contribution in [2.24, 2.45) is 0 Å². The Morgan fingerprint density at radius 1 is 1.04 bits per heavy atom. The van der Waals surface area contributed by atoms with Crippen molar-refractivity contribution in [3.63, 3.8) is 0 Å². The zero-order valence-corrected chi connectivity index (χ0v) is 14.3. The minimum absolute atomic E-state index is 0.398. The summed E-state index contributed by atoms with van der Waals surface area (Å²) in [5, 5.41) is 12.1. The van der Waals surface area contributed by atoms with Crippen LogP contribution in [-0.4, -0.2) is 55.5 Å². The zero-order chi connectivity index (χ0) is 16.3. The molecule has 0 spiro atoms. The second-order valence-electron chi connectivity index (χ2n) is 5.56. The maximum Gasteiger partial charge on any atom is 0.252 e. The van der Waals surface area contributed by atoms with E-state index in [9.17, 15) is 13.5 Å². The van der Waals surface area contributed by atoms with Crippen LogP contribution in [0, 0.1) is 0 Å². The topological polar surface area (TPSA) is 60.9 Å². The highest BCUT2D eigenvalue weighted by Gasteiger charge is 2.29. The van der Waals surface area contributed by atoms with Crippen molar-refractivity contribution in [3.05, 3.63) is 53.4 Å². The zero-order valence-electron chi connectivity index (χ0n) is 12.7. The van der Waals surface area contributed by atoms with Gasteiger partial charge < -0.3 is 5.11 Å². The molecule has 124 valence electrons. The Morgan fingerprint density at radius 3 is 2.35 bits per heavy atom. The van der Waals surface area contributed by atoms with E-state index in [4.69, 9.17) is 0 Å². The van der Waals surface area contributed by atoms with E-state index in [2.05, 4.69) is 4.90 Å². The summed E-state index contributed by atoms with van der Waals surface area (Å²) in [4.78, 5) is 2.11. The van der Waals surface area contributed by atoms with E-state index >= 15 is 0 Å². The fraction of sp³-hybridized carbons (Fsp3) is 0.375. The molecule has 1 atom stereocenters. The summed E-state index contributed by atoms with van der Waals surface area (Å²) in [5.41, 5.74) is 0.890. The van der Waals surface area contributed by atoms with Gasteiger partial charge in [0.05, 0.1) is 6.10 Å². The first kappa shape index (κ1) is 16.6. The Kier molecular flexibility index (Phi) is 5.13. The minimum Gasteiger partial charge on any atom is -0.387 e. The highest BCUT2D eigenvalue weighted by atomic mass is 32.2. The molecule has 0 radical (unpaired) electrons. The van der Waals surface area contributed by atoms with Crippen molar-refractivity contribution < 1.29 is 13.5 Å². The Bertz CT molecular complexity index is 709. The molecule has 0 aliphatic carbocycles. The SMILES string of the molecule is O=S(=O)(c1cccs1)N1CCN(CC(O)c2ccccc2)CC1. The van der Waals surface area contributed by atoms with Gasteiger partial charge in [0.2, 0.25) is 0 Å². The third kappa shape index (κ3) is 3.81. The third-order valence-corrected chi connectivity index (χ3v) is 7.31. The first-order chi connectivity index (χ1) is 11.1. The molecule has 1 fully saturated rings. The van der Waals surface area contributed by atoms with Crippen LogP contribution in [0.1, 0.15) is 11.7 Å². The average molecular weight is 352 g/mol. The lowest BCUT2D eigenvalue weighted by Crippen LogP contribution is -2.49. The molecule has 1 N–H and O–H groups in total. The maximum atomic E-state index is 12.5. The summed E-state index contributed by atoms with van der Waals surface area (Å²) in [6.45, 7) is 2.71. The first-order valence-corrected chi connectivity index (χ1v) is 9.88. The molecule has 5 nitrogen and oxygen atoms in total. The molecule has 1 unspecified atom stereocenters. The van der Waals surface area contributed by atoms with Crippen LogP contribution < -0.4 is 0 Å². The number of aliphatic hydroxyl groups is 1. The van der Waals surface area contributed by atoms with Gasteiger partial charge in [0.15, 0.2) is 0 Å². The van der Waals surface area contributed by atoms with Crippen LogP contribution in [0.4, 0.5) is 0 Å². The summed E-state index contributed by atoms with van der Waals surface area (Å²) >= 11 is 1.25. The standard InChI is InChI=1S/C16H20N2O3S2/c19-15(14-5-2-1-3-6-14)13-17-8-10-18(11-9-17)23(20,21)16-7-4-12-22-16/h1-7,12,15,19H,8-11,13H2. The Balaban J connectivity index is 1.57. The molecule has 0 saturated carbocycles. The van der Waals surface area contributed by atoms with Crippen molar-refractivity contribution >= 4 is 21.4 Å². The van der Waals surface area contributed by atoms with Crippen LogP contribution in [0.3, 0.4) is 0 Å². The van der Waals surface area contributed by atoms with Gasteiger partial charge in [-0.05, 0) is 17.0 Å². The number of sulfonamides is 1. The van der Waals surface area contributed by atoms with E-state index in [1.54, 1.807) is 17.5 Å². The third-order valence-electron chi connectivity index (χ3n) is 4.04. The van der Waals surface area contributed by atoms with Crippen LogP contribution in [-0.2, 0) is 10.0 Å². The summed E-state index contributed by atoms with van der Waals surface area (Å²) in [6, 6.07) is 12.9. The van der Waals surface area contributed by atoms with Gasteiger partial charge in [-0.3, -0.25) is 4.90 Å². The van der Waals surface area contributed by atoms with Gasteiger partial charge in [0.1, 0.15) is 4.21 Å². The molecule has 3 rings (SSSR count). The molecule has 0 bridgehead atoms. The van der Waals surface area contributed by atoms with E-state index in [0.717, 1.165) is 5.56 Å². The van der Waals surface area contributed by atoms with E-state index in [0.29, 0.717) is 36.9 Å². The van der Waals surface area contributed by atoms with E-state index in [1.165, 1.54) is 15.6 Å². The minimum atomic E-state index is -3.36. The number of benzene rings is 1. The van der Waals surface area contributed by atoms with Gasteiger partial charge >= 0.3 is 0 Å². The largest absolute Gasteiger partial charge is 0.387 e. The molecule has 1 aliphatic rings. The van der Waals surface area contributed by atoms with Gasteiger partial charge in [-0.2, -0.15) is 4.31 Å². The number of aliphatic hydroxyl groups excluding tert-OH is 1. The molecule has 2 aromatic rings. The monoisotopic (exact) mass is 352 g/mol. The quantitative estimate of drug-likeness (QED) is 0.891. The fourth-order valence-electron chi connectivity index (χ4n) is 2.72. The Labute approximate surface area is 140 Å². The fourth-order valence-corrected chi connectivity index (χ4v) is 5.28. The molecule has 0 amide bonds. The van der Waals surface area contributed by atoms with Gasteiger partial charge in [-0.1, -0.05) is 36.4 Å². The van der Waals surface area contributed by atoms with E-state index in [1.807, 2.05) is 30.3 Å². The molecular weight excluding hydrogens is 332 g/mol. The van der Waals surface area contributed by atoms with Gasteiger partial charge in [-0.25, -0.2) is 8.42 Å². The van der Waals surface area contributed by atoms with Crippen molar-refractivity contribution in [1.82, 2.24) is 9.21 Å². The predicted molar refractivity (Wildman–Crippen MR) is 90.9 cm³/mol. The summed E-state index contributed by atoms with van der Waals surface area (Å²) < 4.78 is 26.9. The molecular formula is C16H20N2O3S2. The molecule has 1 aromatic carbocycles. The molecule has 1 saturated heterocycles. The van der Waals surface area contributed by atoms with Crippen molar-refractivity contribution in [3.8, 4) is 0 Å². The summed E-state index contributed by atoms with van der Waals surface area (Å²) in [7, 11) is -3.36. The summed E-state index contributed by atoms with van der Waals surface area (Å²) in [5.74, 6) is 0. The second kappa shape index (κ2) is 7.11. The number of nitrogens with zero attached hydrogens (tertiary/aromatic N) is 2. The smallest absolute Gasteiger partial charge is 0.252 e. The first-order valence-electron chi connectivity index (χ1n) is 7.56. The highest BCUT2D eigenvalue weighted by Crippen LogP contribution is 2.22. The van der Waals surface area contributed by atoms with E-state index < -0.39 is 16.1 Å². The summed E-state index contributed by atoms with van der Waals surface area (Å²) in [6.07, 6.45) is -0.545. The lowest BCUT2D eigenvalue weighted by molar-refractivity contribution is 0.0921. The predicted octanol–water partition coefficient (Wildman–Crippen LogP) is 1.79. The normalized spacial score (nSPS) is 18.8. The molecule has 23 heavy (non-hydrogen) atoms. The maximum absolute atomic E-state index is 12.5. The van der Waals surface area contributed by atoms with Crippen LogP contribution >= 0.6 is 11.3 Å². The second-order valence-corrected chi connectivity index (χ2v) is 8.68. The average Bonchev–Trinajstić information content (AvgIpc) is 3.11. The van der Waals surface area contributed by atoms with Crippen LogP contribution in [0.15, 0.2) is 52.1 Å². The Hall–Kier alpha value is -1.25. The van der Waals surface area contributed by atoms with Gasteiger partial charge in [0, 0.05) is 32.7 Å². The molecule has 7 heteroatoms. The number of thiophene rings is 1. The number of β-amino-alcohol motifs (C(OH)–C–C–N with tert-alkyl or cyclic N) is 1. The number of rotatable bonds is 5. The van der Waals surface area contributed by atoms with Crippen molar-refractivity contribution in [2.45, 2.75) is 10.3 Å². The van der Waals surface area contributed by atoms with Crippen LogP contribution in [0.25, 0.3) is 0 Å².